The van der Waals surface area contributed by atoms with E-state index in [1.54, 1.807) is 66.7 Å². The van der Waals surface area contributed by atoms with Gasteiger partial charge in [0.1, 0.15) is 12.3 Å². The molecular formula is C31H30N4O5S. The molecule has 0 bridgehead atoms. The van der Waals surface area contributed by atoms with Crippen LogP contribution in [0.25, 0.3) is 0 Å². The summed E-state index contributed by atoms with van der Waals surface area (Å²) >= 11 is 0. The molecule has 0 aliphatic rings. The van der Waals surface area contributed by atoms with Crippen molar-refractivity contribution in [3.63, 3.8) is 0 Å². The first-order valence-corrected chi connectivity index (χ1v) is 14.2. The number of carbonyl (C=O) groups excluding carboxylic acids is 2. The maximum absolute atomic E-state index is 13.3. The van der Waals surface area contributed by atoms with Crippen LogP contribution in [-0.4, -0.2) is 39.6 Å². The second kappa shape index (κ2) is 13.9. The van der Waals surface area contributed by atoms with Crippen molar-refractivity contribution >= 4 is 33.7 Å². The number of benzene rings is 4. The van der Waals surface area contributed by atoms with Crippen LogP contribution in [0.2, 0.25) is 0 Å². The Hall–Kier alpha value is -4.96. The van der Waals surface area contributed by atoms with Crippen LogP contribution in [0.4, 0.5) is 5.69 Å². The van der Waals surface area contributed by atoms with Gasteiger partial charge in [0, 0.05) is 6.54 Å². The van der Waals surface area contributed by atoms with Crippen molar-refractivity contribution < 1.29 is 22.7 Å². The van der Waals surface area contributed by atoms with Crippen molar-refractivity contribution in [1.29, 1.82) is 0 Å². The molecule has 0 aliphatic heterocycles. The zero-order valence-electron chi connectivity index (χ0n) is 22.4. The number of rotatable bonds is 12. The summed E-state index contributed by atoms with van der Waals surface area (Å²) in [4.78, 5) is 24.8. The second-order valence-electron chi connectivity index (χ2n) is 9.07. The molecule has 4 rings (SSSR count). The molecule has 2 amide bonds. The molecule has 0 aromatic heterocycles. The summed E-state index contributed by atoms with van der Waals surface area (Å²) in [5, 5.41) is 6.76. The summed E-state index contributed by atoms with van der Waals surface area (Å²) in [6, 6.07) is 31.2. The van der Waals surface area contributed by atoms with Gasteiger partial charge in [0.05, 0.1) is 16.8 Å². The molecule has 210 valence electrons. The first kappa shape index (κ1) is 29.0. The van der Waals surface area contributed by atoms with E-state index in [9.17, 15) is 18.0 Å². The Kier molecular flexibility index (Phi) is 9.85. The van der Waals surface area contributed by atoms with Crippen LogP contribution in [0, 0.1) is 6.92 Å². The van der Waals surface area contributed by atoms with Gasteiger partial charge in [-0.05, 0) is 66.6 Å². The number of hydrazone groups is 1. The van der Waals surface area contributed by atoms with Crippen molar-refractivity contribution in [3.05, 3.63) is 126 Å². The highest BCUT2D eigenvalue weighted by Crippen LogP contribution is 2.23. The molecule has 4 aromatic rings. The minimum Gasteiger partial charge on any atom is -0.484 e. The molecule has 41 heavy (non-hydrogen) atoms. The van der Waals surface area contributed by atoms with Gasteiger partial charge in [0.15, 0.2) is 6.61 Å². The maximum Gasteiger partial charge on any atom is 0.264 e. The number of hydrogen-bond acceptors (Lipinski definition) is 6. The van der Waals surface area contributed by atoms with Gasteiger partial charge in [-0.2, -0.15) is 5.10 Å². The Morgan fingerprint density at radius 2 is 1.46 bits per heavy atom. The Bertz CT molecular complexity index is 1580. The van der Waals surface area contributed by atoms with E-state index in [0.717, 1.165) is 15.4 Å². The standard InChI is InChI=1S/C31H30N4O5S/c1-24-12-16-27(17-13-24)35(41(38,39)29-10-6-3-7-11-29)22-30(36)34-33-21-26-14-18-28(19-15-26)40-23-31(37)32-20-25-8-4-2-5-9-25/h2-19,21H,20,22-23H2,1H3,(H,32,37)(H,34,36)/b33-21-. The average molecular weight is 571 g/mol. The number of amides is 2. The number of carbonyl (C=O) groups is 2. The average Bonchev–Trinajstić information content (AvgIpc) is 3.00. The lowest BCUT2D eigenvalue weighted by molar-refractivity contribution is -0.123. The third-order valence-corrected chi connectivity index (χ3v) is 7.71. The summed E-state index contributed by atoms with van der Waals surface area (Å²) in [7, 11) is -4.00. The lowest BCUT2D eigenvalue weighted by Gasteiger charge is -2.23. The second-order valence-corrected chi connectivity index (χ2v) is 10.9. The van der Waals surface area contributed by atoms with Crippen molar-refractivity contribution in [2.24, 2.45) is 5.10 Å². The van der Waals surface area contributed by atoms with Gasteiger partial charge >= 0.3 is 0 Å². The topological polar surface area (TPSA) is 117 Å². The lowest BCUT2D eigenvalue weighted by atomic mass is 10.2. The summed E-state index contributed by atoms with van der Waals surface area (Å²) in [5.41, 5.74) is 5.38. The molecule has 0 fully saturated rings. The van der Waals surface area contributed by atoms with Crippen molar-refractivity contribution in [1.82, 2.24) is 10.7 Å². The van der Waals surface area contributed by atoms with Gasteiger partial charge < -0.3 is 10.1 Å². The number of aryl methyl sites for hydroxylation is 1. The van der Waals surface area contributed by atoms with Gasteiger partial charge in [0.2, 0.25) is 0 Å². The molecule has 0 saturated carbocycles. The number of nitrogens with zero attached hydrogens (tertiary/aromatic N) is 2. The van der Waals surface area contributed by atoms with E-state index < -0.39 is 22.5 Å². The Morgan fingerprint density at radius 1 is 0.829 bits per heavy atom. The third-order valence-electron chi connectivity index (χ3n) is 5.93. The van der Waals surface area contributed by atoms with Crippen molar-refractivity contribution in [2.75, 3.05) is 17.5 Å². The molecular weight excluding hydrogens is 540 g/mol. The minimum atomic E-state index is -4.00. The zero-order chi connectivity index (χ0) is 29.1. The van der Waals surface area contributed by atoms with Crippen LogP contribution in [-0.2, 0) is 26.2 Å². The first-order chi connectivity index (χ1) is 19.8. The summed E-state index contributed by atoms with van der Waals surface area (Å²) in [6.07, 6.45) is 1.43. The Balaban J connectivity index is 1.31. The molecule has 9 nitrogen and oxygen atoms in total. The van der Waals surface area contributed by atoms with E-state index in [2.05, 4.69) is 15.8 Å². The van der Waals surface area contributed by atoms with E-state index in [4.69, 9.17) is 4.74 Å². The maximum atomic E-state index is 13.3. The summed E-state index contributed by atoms with van der Waals surface area (Å²) < 4.78 is 33.3. The van der Waals surface area contributed by atoms with Crippen molar-refractivity contribution in [2.45, 2.75) is 18.4 Å². The van der Waals surface area contributed by atoms with Crippen LogP contribution < -0.4 is 19.8 Å². The zero-order valence-corrected chi connectivity index (χ0v) is 23.3. The molecule has 0 radical (unpaired) electrons. The Labute approximate surface area is 239 Å². The largest absolute Gasteiger partial charge is 0.484 e. The van der Waals surface area contributed by atoms with E-state index in [-0.39, 0.29) is 17.4 Å². The normalized spacial score (nSPS) is 11.1. The molecule has 10 heteroatoms. The van der Waals surface area contributed by atoms with Crippen LogP contribution in [0.3, 0.4) is 0 Å². The van der Waals surface area contributed by atoms with Crippen LogP contribution >= 0.6 is 0 Å². The highest BCUT2D eigenvalue weighted by Gasteiger charge is 2.27. The minimum absolute atomic E-state index is 0.0767. The van der Waals surface area contributed by atoms with Gasteiger partial charge in [-0.3, -0.25) is 13.9 Å². The van der Waals surface area contributed by atoms with Gasteiger partial charge in [-0.25, -0.2) is 13.8 Å². The third kappa shape index (κ3) is 8.51. The van der Waals surface area contributed by atoms with Gasteiger partial charge in [-0.15, -0.1) is 0 Å². The molecule has 2 N–H and O–H groups in total. The lowest BCUT2D eigenvalue weighted by Crippen LogP contribution is -2.39. The fourth-order valence-electron chi connectivity index (χ4n) is 3.74. The van der Waals surface area contributed by atoms with Crippen molar-refractivity contribution in [3.8, 4) is 5.75 Å². The summed E-state index contributed by atoms with van der Waals surface area (Å²) in [6.45, 7) is 1.73. The molecule has 4 aromatic carbocycles. The van der Waals surface area contributed by atoms with Crippen LogP contribution in [0.5, 0.6) is 5.75 Å². The predicted molar refractivity (Wildman–Crippen MR) is 158 cm³/mol. The number of ether oxygens (including phenoxy) is 1. The molecule has 0 atom stereocenters. The highest BCUT2D eigenvalue weighted by atomic mass is 32.2. The molecule has 0 heterocycles. The fourth-order valence-corrected chi connectivity index (χ4v) is 5.18. The summed E-state index contributed by atoms with van der Waals surface area (Å²) in [5.74, 6) is -0.347. The highest BCUT2D eigenvalue weighted by molar-refractivity contribution is 7.92. The van der Waals surface area contributed by atoms with Crippen LogP contribution in [0.15, 0.2) is 119 Å². The quantitative estimate of drug-likeness (QED) is 0.197. The van der Waals surface area contributed by atoms with Gasteiger partial charge in [0.25, 0.3) is 21.8 Å². The first-order valence-electron chi connectivity index (χ1n) is 12.8. The Morgan fingerprint density at radius 3 is 2.12 bits per heavy atom. The van der Waals surface area contributed by atoms with E-state index in [0.29, 0.717) is 23.5 Å². The number of sulfonamides is 1. The smallest absolute Gasteiger partial charge is 0.264 e. The van der Waals surface area contributed by atoms with Crippen LogP contribution in [0.1, 0.15) is 16.7 Å². The van der Waals surface area contributed by atoms with E-state index in [1.807, 2.05) is 37.3 Å². The number of nitrogens with one attached hydrogen (secondary N) is 2. The predicted octanol–water partition coefficient (Wildman–Crippen LogP) is 4.04. The molecule has 0 saturated heterocycles. The number of anilines is 1. The monoisotopic (exact) mass is 570 g/mol. The molecule has 0 unspecified atom stereocenters. The van der Waals surface area contributed by atoms with Gasteiger partial charge in [-0.1, -0.05) is 66.2 Å². The van der Waals surface area contributed by atoms with E-state index in [1.165, 1.54) is 18.3 Å². The number of hydrogen-bond donors (Lipinski definition) is 2. The molecule has 0 aliphatic carbocycles. The molecule has 0 spiro atoms. The SMILES string of the molecule is Cc1ccc(N(CC(=O)N/N=C\c2ccc(OCC(=O)NCc3ccccc3)cc2)S(=O)(=O)c2ccccc2)cc1. The fraction of sp³-hybridized carbons (Fsp3) is 0.129. The van der Waals surface area contributed by atoms with E-state index >= 15 is 0 Å².